The molecule has 3 aliphatic rings. The Bertz CT molecular complexity index is 1990. The Morgan fingerprint density at radius 1 is 1.07 bits per heavy atom. The Hall–Kier alpha value is -4.09. The second-order valence-electron chi connectivity index (χ2n) is 11.0. The van der Waals surface area contributed by atoms with Crippen LogP contribution in [-0.2, 0) is 15.2 Å². The number of aldehydes is 2. The topological polar surface area (TPSA) is 124 Å². The molecule has 2 bridgehead atoms. The first kappa shape index (κ1) is 23.8. The predicted molar refractivity (Wildman–Crippen MR) is 148 cm³/mol. The third-order valence-corrected chi connectivity index (χ3v) is 9.15. The van der Waals surface area contributed by atoms with Gasteiger partial charge < -0.3 is 34.3 Å². The van der Waals surface area contributed by atoms with Crippen LogP contribution >= 0.6 is 0 Å². The van der Waals surface area contributed by atoms with Crippen LogP contribution in [0.1, 0.15) is 62.4 Å². The zero-order chi connectivity index (χ0) is 27.7. The van der Waals surface area contributed by atoms with Gasteiger partial charge in [0.15, 0.2) is 12.0 Å². The summed E-state index contributed by atoms with van der Waals surface area (Å²) in [5.41, 5.74) is 3.92. The van der Waals surface area contributed by atoms with Crippen LogP contribution in [0.25, 0.3) is 43.6 Å². The lowest BCUT2D eigenvalue weighted by Crippen LogP contribution is -2.59. The summed E-state index contributed by atoms with van der Waals surface area (Å²) < 4.78 is 17.4. The third kappa shape index (κ3) is 2.60. The minimum absolute atomic E-state index is 0.0905. The molecule has 1 saturated heterocycles. The van der Waals surface area contributed by atoms with Crippen LogP contribution in [0, 0.1) is 0 Å². The van der Waals surface area contributed by atoms with E-state index < -0.39 is 30.2 Å². The van der Waals surface area contributed by atoms with E-state index in [0.717, 1.165) is 45.4 Å². The van der Waals surface area contributed by atoms with Crippen molar-refractivity contribution in [3.05, 3.63) is 58.7 Å². The lowest BCUT2D eigenvalue weighted by Gasteiger charge is -2.48. The van der Waals surface area contributed by atoms with Crippen LogP contribution in [0.2, 0.25) is 0 Å². The number of aliphatic hydroxyl groups excluding tert-OH is 1. The summed E-state index contributed by atoms with van der Waals surface area (Å²) in [6.45, 7) is 2.00. The number of benzene rings is 3. The van der Waals surface area contributed by atoms with Crippen molar-refractivity contribution in [2.45, 2.75) is 43.7 Å². The Kier molecular flexibility index (Phi) is 4.61. The molecule has 1 amide bonds. The summed E-state index contributed by atoms with van der Waals surface area (Å²) in [6.07, 6.45) is 0.0750. The molecular weight excluding hydrogens is 512 g/mol. The number of aliphatic hydroxyl groups is 1. The van der Waals surface area contributed by atoms with E-state index in [0.29, 0.717) is 39.4 Å². The van der Waals surface area contributed by atoms with E-state index in [1.54, 1.807) is 31.4 Å². The molecule has 10 heteroatoms. The van der Waals surface area contributed by atoms with Crippen molar-refractivity contribution >= 4 is 62.1 Å². The van der Waals surface area contributed by atoms with E-state index in [2.05, 4.69) is 19.8 Å². The molecule has 0 spiro atoms. The van der Waals surface area contributed by atoms with Gasteiger partial charge in [-0.3, -0.25) is 14.4 Å². The maximum absolute atomic E-state index is 13.5. The number of ether oxygens (including phenoxy) is 2. The molecule has 0 radical (unpaired) electrons. The van der Waals surface area contributed by atoms with Crippen molar-refractivity contribution in [1.29, 1.82) is 0 Å². The molecule has 40 heavy (non-hydrogen) atoms. The fraction of sp³-hybridized carbons (Fsp3) is 0.300. The molecule has 1 fully saturated rings. The Balaban J connectivity index is 1.72. The molecule has 5 heterocycles. The van der Waals surface area contributed by atoms with Crippen molar-refractivity contribution in [2.24, 2.45) is 0 Å². The van der Waals surface area contributed by atoms with E-state index in [1.807, 2.05) is 26.1 Å². The minimum Gasteiger partial charge on any atom is -0.375 e. The zero-order valence-electron chi connectivity index (χ0n) is 22.0. The third-order valence-electron chi connectivity index (χ3n) is 9.15. The van der Waals surface area contributed by atoms with Gasteiger partial charge in [-0.2, -0.15) is 0 Å². The van der Waals surface area contributed by atoms with E-state index in [9.17, 15) is 19.5 Å². The molecule has 3 aromatic carbocycles. The number of carbonyl (C=O) groups excluding carboxylic acids is 3. The van der Waals surface area contributed by atoms with Crippen LogP contribution in [0.5, 0.6) is 0 Å². The Morgan fingerprint density at radius 3 is 2.40 bits per heavy atom. The lowest BCUT2D eigenvalue weighted by molar-refractivity contribution is -0.256. The van der Waals surface area contributed by atoms with Gasteiger partial charge in [-0.25, -0.2) is 0 Å². The lowest BCUT2D eigenvalue weighted by atomic mass is 9.93. The average Bonchev–Trinajstić information content (AvgIpc) is 3.56. The molecule has 0 aliphatic carbocycles. The van der Waals surface area contributed by atoms with Crippen LogP contribution in [0.4, 0.5) is 0 Å². The van der Waals surface area contributed by atoms with Crippen LogP contribution in [0.15, 0.2) is 36.4 Å². The molecule has 3 N–H and O–H groups in total. The van der Waals surface area contributed by atoms with Gasteiger partial charge in [0.05, 0.1) is 27.6 Å². The number of nitrogens with one attached hydrogen (secondary N) is 2. The summed E-state index contributed by atoms with van der Waals surface area (Å²) in [5, 5.41) is 20.2. The first-order chi connectivity index (χ1) is 19.4. The molecule has 3 unspecified atom stereocenters. The highest BCUT2D eigenvalue weighted by Crippen LogP contribution is 2.54. The summed E-state index contributed by atoms with van der Waals surface area (Å²) in [4.78, 5) is 37.2. The predicted octanol–water partition coefficient (Wildman–Crippen LogP) is 3.47. The minimum atomic E-state index is -1.25. The molecule has 8 rings (SSSR count). The van der Waals surface area contributed by atoms with Crippen molar-refractivity contribution in [3.8, 4) is 0 Å². The zero-order valence-corrected chi connectivity index (χ0v) is 22.0. The van der Waals surface area contributed by atoms with Gasteiger partial charge in [-0.05, 0) is 50.4 Å². The molecular formula is C30H26N4O6. The standard InChI is InChI=1S/C30H26N4O6/c1-30-27(39-3)17(31-2)10-20(40-30)33-18-6-4-13(11-35)8-15(18)21-23-24(29(38)32-28(23)37)22-16-9-14(12-36)5-7-19(16)34(30)26(22)25(21)33/h4-9,11-12,17,20,27,29,31,38H,10H2,1-3H3,(H,32,37)/t17?,20-,27?,29?,30+/m1/s1. The van der Waals surface area contributed by atoms with Gasteiger partial charge in [0.1, 0.15) is 24.9 Å². The van der Waals surface area contributed by atoms with Crippen LogP contribution in [0.3, 0.4) is 0 Å². The quantitative estimate of drug-likeness (QED) is 0.300. The maximum Gasteiger partial charge on any atom is 0.254 e. The summed E-state index contributed by atoms with van der Waals surface area (Å²) >= 11 is 0. The molecule has 0 saturated carbocycles. The second-order valence-corrected chi connectivity index (χ2v) is 11.0. The monoisotopic (exact) mass is 538 g/mol. The number of aromatic nitrogens is 2. The molecule has 3 aliphatic heterocycles. The van der Waals surface area contributed by atoms with Gasteiger partial charge in [-0.15, -0.1) is 0 Å². The van der Waals surface area contributed by atoms with Gasteiger partial charge in [-0.1, -0.05) is 0 Å². The van der Waals surface area contributed by atoms with Crippen molar-refractivity contribution in [1.82, 2.24) is 19.8 Å². The highest BCUT2D eigenvalue weighted by molar-refractivity contribution is 6.31. The number of nitrogens with zero attached hydrogens (tertiary/aromatic N) is 2. The second kappa shape index (κ2) is 7.76. The van der Waals surface area contributed by atoms with E-state index in [-0.39, 0.29) is 6.04 Å². The molecule has 5 aromatic rings. The molecule has 202 valence electrons. The molecule has 5 atom stereocenters. The first-order valence-corrected chi connectivity index (χ1v) is 13.3. The summed E-state index contributed by atoms with van der Waals surface area (Å²) in [6, 6.07) is 10.8. The highest BCUT2D eigenvalue weighted by Gasteiger charge is 2.53. The first-order valence-electron chi connectivity index (χ1n) is 13.3. The van der Waals surface area contributed by atoms with Gasteiger partial charge >= 0.3 is 0 Å². The van der Waals surface area contributed by atoms with Gasteiger partial charge in [0.25, 0.3) is 5.91 Å². The number of hydrogen-bond acceptors (Lipinski definition) is 7. The molecule has 10 nitrogen and oxygen atoms in total. The van der Waals surface area contributed by atoms with E-state index >= 15 is 0 Å². The Morgan fingerprint density at radius 2 is 1.75 bits per heavy atom. The summed E-state index contributed by atoms with van der Waals surface area (Å²) in [7, 11) is 3.57. The van der Waals surface area contributed by atoms with Crippen molar-refractivity contribution < 1.29 is 29.0 Å². The SMILES string of the molecule is CNC1C[C@H]2O[C@@](C)(C1OC)n1c3ccc(C=O)cc3c3c4c(c5c6cc(C=O)ccc6n2c5c31)C(=O)NC4O. The number of likely N-dealkylation sites (N-methyl/N-ethyl adjacent to an activating group) is 1. The number of rotatable bonds is 4. The Labute approximate surface area is 227 Å². The smallest absolute Gasteiger partial charge is 0.254 e. The number of amides is 1. The fourth-order valence-corrected chi connectivity index (χ4v) is 7.66. The largest absolute Gasteiger partial charge is 0.375 e. The number of fused-ring (bicyclic) bond motifs is 13. The average molecular weight is 539 g/mol. The number of carbonyl (C=O) groups is 3. The van der Waals surface area contributed by atoms with Crippen molar-refractivity contribution in [2.75, 3.05) is 14.2 Å². The molecule has 2 aromatic heterocycles. The van der Waals surface area contributed by atoms with Crippen LogP contribution in [-0.4, -0.2) is 59.0 Å². The van der Waals surface area contributed by atoms with Gasteiger partial charge in [0, 0.05) is 57.8 Å². The van der Waals surface area contributed by atoms with Crippen molar-refractivity contribution in [3.63, 3.8) is 0 Å². The maximum atomic E-state index is 13.5. The van der Waals surface area contributed by atoms with E-state index in [1.165, 1.54) is 0 Å². The normalized spacial score (nSPS) is 27.1. The summed E-state index contributed by atoms with van der Waals surface area (Å²) in [5.74, 6) is -0.394. The number of methoxy groups -OCH3 is 1. The fourth-order valence-electron chi connectivity index (χ4n) is 7.66. The van der Waals surface area contributed by atoms with Gasteiger partial charge in [0.2, 0.25) is 0 Å². The van der Waals surface area contributed by atoms with E-state index in [4.69, 9.17) is 9.47 Å². The number of hydrogen-bond donors (Lipinski definition) is 3. The van der Waals surface area contributed by atoms with Crippen LogP contribution < -0.4 is 10.6 Å². The highest BCUT2D eigenvalue weighted by atomic mass is 16.6.